The molecule has 0 N–H and O–H groups in total. The van der Waals surface area contributed by atoms with Crippen LogP contribution in [0.25, 0.3) is 0 Å². The van der Waals surface area contributed by atoms with Crippen molar-refractivity contribution >= 4 is 10.0 Å². The monoisotopic (exact) mass is 429 g/mol. The van der Waals surface area contributed by atoms with Crippen molar-refractivity contribution in [2.75, 3.05) is 13.1 Å². The molecule has 1 fully saturated rings. The molecular weight excluding hydrogens is 405 g/mol. The molecule has 0 saturated carbocycles. The van der Waals surface area contributed by atoms with E-state index < -0.39 is 10.0 Å². The fraction of sp³-hybridized carbons (Fsp3) is 0.364. The molecule has 1 atom stereocenters. The summed E-state index contributed by atoms with van der Waals surface area (Å²) >= 11 is 0. The van der Waals surface area contributed by atoms with Crippen LogP contribution in [0.4, 0.5) is 4.39 Å². The van der Waals surface area contributed by atoms with Crippen LogP contribution >= 0.6 is 0 Å². The van der Waals surface area contributed by atoms with Gasteiger partial charge in [0.2, 0.25) is 10.0 Å². The summed E-state index contributed by atoms with van der Waals surface area (Å²) in [6.07, 6.45) is 1.29. The lowest BCUT2D eigenvalue weighted by Gasteiger charge is -2.17. The lowest BCUT2D eigenvalue weighted by atomic mass is 9.98. The third kappa shape index (κ3) is 4.02. The van der Waals surface area contributed by atoms with Crippen LogP contribution in [-0.4, -0.2) is 36.0 Å². The lowest BCUT2D eigenvalue weighted by Crippen LogP contribution is -2.29. The van der Waals surface area contributed by atoms with E-state index in [4.69, 9.17) is 4.52 Å². The fourth-order valence-corrected chi connectivity index (χ4v) is 5.91. The second-order valence-electron chi connectivity index (χ2n) is 7.85. The maximum Gasteiger partial charge on any atom is 0.248 e. The minimum absolute atomic E-state index is 0.00593. The fourth-order valence-electron chi connectivity index (χ4n) is 4.12. The second kappa shape index (κ2) is 7.92. The van der Waals surface area contributed by atoms with Crippen LogP contribution in [0.5, 0.6) is 0 Å². The number of rotatable bonds is 5. The van der Waals surface area contributed by atoms with E-state index in [9.17, 15) is 12.8 Å². The Morgan fingerprint density at radius 2 is 1.97 bits per heavy atom. The predicted octanol–water partition coefficient (Wildman–Crippen LogP) is 3.90. The van der Waals surface area contributed by atoms with Gasteiger partial charge in [-0.05, 0) is 69.0 Å². The van der Waals surface area contributed by atoms with Crippen LogP contribution in [-0.2, 0) is 16.4 Å². The summed E-state index contributed by atoms with van der Waals surface area (Å²) in [5, 5.41) is 3.78. The van der Waals surface area contributed by atoms with Gasteiger partial charge in [0, 0.05) is 30.4 Å². The smallest absolute Gasteiger partial charge is 0.248 e. The molecule has 0 bridgehead atoms. The highest BCUT2D eigenvalue weighted by molar-refractivity contribution is 7.89. The van der Waals surface area contributed by atoms with Gasteiger partial charge in [-0.2, -0.15) is 4.31 Å². The number of aromatic nitrogens is 2. The number of halogens is 1. The van der Waals surface area contributed by atoms with Crippen LogP contribution in [0.15, 0.2) is 45.8 Å². The summed E-state index contributed by atoms with van der Waals surface area (Å²) in [4.78, 5) is 4.82. The van der Waals surface area contributed by atoms with Gasteiger partial charge in [-0.1, -0.05) is 17.3 Å². The standard InChI is InChI=1S/C22H24FN3O3S/c1-14-9-18(10-17-5-4-6-20(23)11-17)12-21(24-14)19-7-8-26(13-19)30(27,28)22-15(2)25-29-16(22)3/h4-6,9,11-12,19H,7-8,10,13H2,1-3H3/t19-/m0/s1. The number of pyridine rings is 1. The quantitative estimate of drug-likeness (QED) is 0.615. The van der Waals surface area contributed by atoms with E-state index >= 15 is 0 Å². The van der Waals surface area contributed by atoms with Crippen LogP contribution in [0.2, 0.25) is 0 Å². The number of nitrogens with zero attached hydrogens (tertiary/aromatic N) is 3. The van der Waals surface area contributed by atoms with Gasteiger partial charge < -0.3 is 4.52 Å². The zero-order valence-corrected chi connectivity index (χ0v) is 18.0. The van der Waals surface area contributed by atoms with Crippen LogP contribution in [0.3, 0.4) is 0 Å². The Morgan fingerprint density at radius 1 is 1.17 bits per heavy atom. The topological polar surface area (TPSA) is 76.3 Å². The molecule has 158 valence electrons. The highest BCUT2D eigenvalue weighted by Gasteiger charge is 2.37. The van der Waals surface area contributed by atoms with Crippen molar-refractivity contribution < 1.29 is 17.3 Å². The maximum absolute atomic E-state index is 13.5. The van der Waals surface area contributed by atoms with Crippen LogP contribution in [0, 0.1) is 26.6 Å². The van der Waals surface area contributed by atoms with Crippen molar-refractivity contribution in [2.24, 2.45) is 0 Å². The summed E-state index contributed by atoms with van der Waals surface area (Å²) in [5.41, 5.74) is 4.04. The van der Waals surface area contributed by atoms with E-state index in [1.54, 1.807) is 19.9 Å². The van der Waals surface area contributed by atoms with E-state index in [1.807, 2.05) is 25.1 Å². The Bertz CT molecular complexity index is 1170. The molecule has 0 unspecified atom stereocenters. The largest absolute Gasteiger partial charge is 0.360 e. The van der Waals surface area contributed by atoms with Crippen molar-refractivity contribution in [1.82, 2.24) is 14.4 Å². The maximum atomic E-state index is 13.5. The van der Waals surface area contributed by atoms with Crippen molar-refractivity contribution in [1.29, 1.82) is 0 Å². The highest BCUT2D eigenvalue weighted by atomic mass is 32.2. The number of benzene rings is 1. The SMILES string of the molecule is Cc1cc(Cc2cccc(F)c2)cc([C@H]2CCN(S(=O)(=O)c3c(C)noc3C)C2)n1. The van der Waals surface area contributed by atoms with Crippen molar-refractivity contribution in [3.63, 3.8) is 0 Å². The molecule has 6 nitrogen and oxygen atoms in total. The predicted molar refractivity (Wildman–Crippen MR) is 110 cm³/mol. The van der Waals surface area contributed by atoms with Crippen molar-refractivity contribution in [3.05, 3.63) is 76.2 Å². The van der Waals surface area contributed by atoms with Gasteiger partial charge in [-0.25, -0.2) is 12.8 Å². The first-order chi connectivity index (χ1) is 14.2. The molecule has 0 amide bonds. The number of sulfonamides is 1. The minimum Gasteiger partial charge on any atom is -0.360 e. The van der Waals surface area contributed by atoms with E-state index in [1.165, 1.54) is 16.4 Å². The Morgan fingerprint density at radius 3 is 2.67 bits per heavy atom. The van der Waals surface area contributed by atoms with Gasteiger partial charge in [0.15, 0.2) is 5.76 Å². The van der Waals surface area contributed by atoms with Crippen LogP contribution < -0.4 is 0 Å². The number of aryl methyl sites for hydroxylation is 3. The first-order valence-corrected chi connectivity index (χ1v) is 11.3. The zero-order chi connectivity index (χ0) is 21.5. The molecule has 0 radical (unpaired) electrons. The average Bonchev–Trinajstić information content (AvgIpc) is 3.29. The number of hydrogen-bond donors (Lipinski definition) is 0. The summed E-state index contributed by atoms with van der Waals surface area (Å²) in [6.45, 7) is 5.96. The van der Waals surface area contributed by atoms with Crippen molar-refractivity contribution in [2.45, 2.75) is 44.4 Å². The number of hydrogen-bond acceptors (Lipinski definition) is 5. The summed E-state index contributed by atoms with van der Waals surface area (Å²) < 4.78 is 46.2. The first-order valence-electron chi connectivity index (χ1n) is 9.89. The van der Waals surface area contributed by atoms with E-state index in [2.05, 4.69) is 10.1 Å². The molecule has 30 heavy (non-hydrogen) atoms. The summed E-state index contributed by atoms with van der Waals surface area (Å²) in [5.74, 6) is 0.0582. The van der Waals surface area contributed by atoms with Crippen molar-refractivity contribution in [3.8, 4) is 0 Å². The molecule has 1 saturated heterocycles. The third-order valence-corrected chi connectivity index (χ3v) is 7.58. The molecule has 3 aromatic rings. The van der Waals surface area contributed by atoms with Gasteiger partial charge in [0.1, 0.15) is 16.4 Å². The molecule has 2 aromatic heterocycles. The molecule has 1 aromatic carbocycles. The van der Waals surface area contributed by atoms with E-state index in [-0.39, 0.29) is 16.6 Å². The second-order valence-corrected chi connectivity index (χ2v) is 9.73. The molecule has 0 aliphatic carbocycles. The molecule has 1 aliphatic rings. The normalized spacial score (nSPS) is 17.5. The first kappa shape index (κ1) is 20.7. The molecule has 8 heteroatoms. The molecular formula is C22H24FN3O3S. The van der Waals surface area contributed by atoms with E-state index in [0.29, 0.717) is 37.4 Å². The Hall–Kier alpha value is -2.58. The Balaban J connectivity index is 1.56. The summed E-state index contributed by atoms with van der Waals surface area (Å²) in [6, 6.07) is 10.6. The van der Waals surface area contributed by atoms with Gasteiger partial charge in [-0.15, -0.1) is 0 Å². The van der Waals surface area contributed by atoms with Gasteiger partial charge in [0.25, 0.3) is 0 Å². The molecule has 3 heterocycles. The Labute approximate surface area is 175 Å². The molecule has 0 spiro atoms. The van der Waals surface area contributed by atoms with Crippen LogP contribution in [0.1, 0.15) is 46.3 Å². The summed E-state index contributed by atoms with van der Waals surface area (Å²) in [7, 11) is -3.66. The molecule has 4 rings (SSSR count). The van der Waals surface area contributed by atoms with E-state index in [0.717, 1.165) is 22.5 Å². The average molecular weight is 430 g/mol. The lowest BCUT2D eigenvalue weighted by molar-refractivity contribution is 0.389. The minimum atomic E-state index is -3.66. The van der Waals surface area contributed by atoms with Gasteiger partial charge in [-0.3, -0.25) is 4.98 Å². The zero-order valence-electron chi connectivity index (χ0n) is 17.2. The Kier molecular flexibility index (Phi) is 5.46. The molecule has 1 aliphatic heterocycles. The highest BCUT2D eigenvalue weighted by Crippen LogP contribution is 2.33. The third-order valence-electron chi connectivity index (χ3n) is 5.47. The van der Waals surface area contributed by atoms with Gasteiger partial charge >= 0.3 is 0 Å². The van der Waals surface area contributed by atoms with Gasteiger partial charge in [0.05, 0.1) is 0 Å².